The van der Waals surface area contributed by atoms with Crippen molar-refractivity contribution in [1.82, 2.24) is 10.3 Å². The van der Waals surface area contributed by atoms with Gasteiger partial charge in [-0.25, -0.2) is 9.18 Å². The number of aliphatic carboxylic acids is 1. The Hall–Kier alpha value is -2.26. The van der Waals surface area contributed by atoms with Crippen LogP contribution >= 0.6 is 0 Å². The van der Waals surface area contributed by atoms with E-state index in [9.17, 15) is 22.7 Å². The molecule has 0 amide bonds. The fourth-order valence-electron chi connectivity index (χ4n) is 2.67. The van der Waals surface area contributed by atoms with Crippen molar-refractivity contribution >= 4 is 16.9 Å². The third-order valence-electron chi connectivity index (χ3n) is 3.83. The number of hydrogen-bond donors (Lipinski definition) is 3. The second-order valence-electron chi connectivity index (χ2n) is 5.53. The van der Waals surface area contributed by atoms with Crippen molar-refractivity contribution in [3.63, 3.8) is 0 Å². The van der Waals surface area contributed by atoms with Crippen LogP contribution in [0.5, 0.6) is 0 Å². The first-order valence-electron chi connectivity index (χ1n) is 7.43. The number of piperidine rings is 1. The maximum Gasteiger partial charge on any atom is 0.490 e. The number of benzene rings is 1. The van der Waals surface area contributed by atoms with E-state index in [4.69, 9.17) is 9.90 Å². The van der Waals surface area contributed by atoms with Crippen LogP contribution < -0.4 is 5.32 Å². The fourth-order valence-corrected chi connectivity index (χ4v) is 2.67. The minimum absolute atomic E-state index is 0.0542. The van der Waals surface area contributed by atoms with Crippen LogP contribution in [0.15, 0.2) is 30.5 Å². The predicted molar refractivity (Wildman–Crippen MR) is 81.6 cm³/mol. The summed E-state index contributed by atoms with van der Waals surface area (Å²) in [5.41, 5.74) is 1.77. The first-order valence-corrected chi connectivity index (χ1v) is 7.43. The first-order chi connectivity index (χ1) is 11.7. The topological polar surface area (TPSA) is 82.5 Å². The quantitative estimate of drug-likeness (QED) is 0.681. The number of aromatic nitrogens is 1. The zero-order chi connectivity index (χ0) is 18.6. The molecule has 0 bridgehead atoms. The molecule has 0 unspecified atom stereocenters. The number of carbonyl (C=O) groups is 1. The normalized spacial score (nSPS) is 20.7. The number of halogens is 4. The fraction of sp³-hybridized carbons (Fsp3) is 0.375. The molecule has 0 spiro atoms. The molecule has 3 N–H and O–H groups in total. The van der Waals surface area contributed by atoms with Crippen molar-refractivity contribution in [2.24, 2.45) is 0 Å². The highest BCUT2D eigenvalue weighted by Crippen LogP contribution is 2.31. The number of hydrogen-bond acceptors (Lipinski definition) is 4. The van der Waals surface area contributed by atoms with Crippen molar-refractivity contribution in [2.75, 3.05) is 13.1 Å². The van der Waals surface area contributed by atoms with E-state index in [1.54, 1.807) is 12.3 Å². The Morgan fingerprint density at radius 3 is 2.56 bits per heavy atom. The van der Waals surface area contributed by atoms with Gasteiger partial charge in [0.05, 0.1) is 11.6 Å². The summed E-state index contributed by atoms with van der Waals surface area (Å²) in [5, 5.41) is 21.2. The molecule has 0 aliphatic carbocycles. The van der Waals surface area contributed by atoms with Gasteiger partial charge in [-0.1, -0.05) is 0 Å². The minimum atomic E-state index is -5.08. The van der Waals surface area contributed by atoms with Crippen molar-refractivity contribution in [1.29, 1.82) is 0 Å². The highest BCUT2D eigenvalue weighted by atomic mass is 19.4. The molecular weight excluding hydrogens is 344 g/mol. The molecule has 1 saturated heterocycles. The number of carboxylic acids is 1. The number of aliphatic hydroxyl groups is 1. The molecule has 1 aromatic carbocycles. The zero-order valence-electron chi connectivity index (χ0n) is 12.9. The van der Waals surface area contributed by atoms with Gasteiger partial charge in [-0.15, -0.1) is 0 Å². The lowest BCUT2D eigenvalue weighted by Gasteiger charge is -2.29. The molecule has 2 atom stereocenters. The minimum Gasteiger partial charge on any atom is -0.475 e. The van der Waals surface area contributed by atoms with Crippen LogP contribution in [0.25, 0.3) is 10.9 Å². The van der Waals surface area contributed by atoms with Gasteiger partial charge in [-0.05, 0) is 42.8 Å². The Morgan fingerprint density at radius 1 is 1.28 bits per heavy atom. The monoisotopic (exact) mass is 360 g/mol. The SMILES string of the molecule is O=C(O)C(F)(F)F.O[C@H]1CNCC[C@@H]1c1ccnc2ccc(F)cc12. The number of carboxylic acid groups (broad SMARTS) is 1. The van der Waals surface area contributed by atoms with E-state index in [0.717, 1.165) is 29.4 Å². The highest BCUT2D eigenvalue weighted by Gasteiger charge is 2.38. The van der Waals surface area contributed by atoms with Gasteiger partial charge in [-0.2, -0.15) is 13.2 Å². The van der Waals surface area contributed by atoms with E-state index >= 15 is 0 Å². The maximum atomic E-state index is 13.4. The lowest BCUT2D eigenvalue weighted by molar-refractivity contribution is -0.192. The molecule has 1 aliphatic heterocycles. The standard InChI is InChI=1S/C14H15FN2O.C2HF3O2/c15-9-1-2-13-12(7-9)10(4-6-17-13)11-3-5-16-8-14(11)18;3-2(4,5)1(6)7/h1-2,4,6-7,11,14,16,18H,3,5,8H2;(H,6,7)/t11-,14+;/m1./s1. The van der Waals surface area contributed by atoms with Gasteiger partial charge < -0.3 is 15.5 Å². The zero-order valence-corrected chi connectivity index (χ0v) is 12.9. The van der Waals surface area contributed by atoms with Crippen LogP contribution in [0, 0.1) is 5.82 Å². The number of alkyl halides is 3. The van der Waals surface area contributed by atoms with Crippen molar-refractivity contribution in [3.05, 3.63) is 41.8 Å². The molecule has 2 heterocycles. The van der Waals surface area contributed by atoms with Gasteiger partial charge in [0, 0.05) is 24.0 Å². The summed E-state index contributed by atoms with van der Waals surface area (Å²) in [6.07, 6.45) is -2.92. The van der Waals surface area contributed by atoms with Crippen LogP contribution in [0.1, 0.15) is 17.9 Å². The predicted octanol–water partition coefficient (Wildman–Crippen LogP) is 2.45. The lowest BCUT2D eigenvalue weighted by Crippen LogP contribution is -2.39. The molecule has 3 rings (SSSR count). The Labute approximate surface area is 140 Å². The van der Waals surface area contributed by atoms with Crippen molar-refractivity contribution in [2.45, 2.75) is 24.6 Å². The second kappa shape index (κ2) is 7.75. The summed E-state index contributed by atoms with van der Waals surface area (Å²) >= 11 is 0. The molecule has 1 fully saturated rings. The number of rotatable bonds is 1. The van der Waals surface area contributed by atoms with Gasteiger partial charge in [0.25, 0.3) is 0 Å². The molecule has 0 saturated carbocycles. The molecule has 1 aromatic heterocycles. The third kappa shape index (κ3) is 4.86. The first kappa shape index (κ1) is 19.1. The van der Waals surface area contributed by atoms with Gasteiger partial charge in [0.2, 0.25) is 0 Å². The maximum absolute atomic E-state index is 13.4. The summed E-state index contributed by atoms with van der Waals surface area (Å²) < 4.78 is 45.1. The van der Waals surface area contributed by atoms with Crippen molar-refractivity contribution in [3.8, 4) is 0 Å². The second-order valence-corrected chi connectivity index (χ2v) is 5.53. The average Bonchev–Trinajstić information content (AvgIpc) is 2.54. The van der Waals surface area contributed by atoms with E-state index in [2.05, 4.69) is 10.3 Å². The van der Waals surface area contributed by atoms with E-state index in [1.807, 2.05) is 6.07 Å². The van der Waals surface area contributed by atoms with E-state index in [1.165, 1.54) is 12.1 Å². The number of nitrogens with one attached hydrogen (secondary N) is 1. The van der Waals surface area contributed by atoms with E-state index < -0.39 is 18.2 Å². The molecule has 0 radical (unpaired) electrons. The van der Waals surface area contributed by atoms with Crippen LogP contribution in [-0.2, 0) is 4.79 Å². The molecule has 136 valence electrons. The van der Waals surface area contributed by atoms with E-state index in [0.29, 0.717) is 6.54 Å². The number of pyridine rings is 1. The van der Waals surface area contributed by atoms with Crippen LogP contribution in [0.2, 0.25) is 0 Å². The highest BCUT2D eigenvalue weighted by molar-refractivity contribution is 5.82. The van der Waals surface area contributed by atoms with Gasteiger partial charge >= 0.3 is 12.1 Å². The van der Waals surface area contributed by atoms with Crippen molar-refractivity contribution < 1.29 is 32.6 Å². The molecule has 1 aliphatic rings. The van der Waals surface area contributed by atoms with Gasteiger partial charge in [0.15, 0.2) is 0 Å². The average molecular weight is 360 g/mol. The summed E-state index contributed by atoms with van der Waals surface area (Å²) in [6.45, 7) is 1.46. The van der Waals surface area contributed by atoms with Crippen LogP contribution in [0.4, 0.5) is 17.6 Å². The number of β-amino-alcohol motifs (C(OH)–C–C–N with tert-alkyl or cyclic N) is 1. The Kier molecular flexibility index (Phi) is 5.91. The summed E-state index contributed by atoms with van der Waals surface area (Å²) in [4.78, 5) is 13.1. The molecule has 2 aromatic rings. The Balaban J connectivity index is 0.000000277. The number of aliphatic hydroxyl groups excluding tert-OH is 1. The molecule has 25 heavy (non-hydrogen) atoms. The molecular formula is C16H16F4N2O3. The van der Waals surface area contributed by atoms with E-state index in [-0.39, 0.29) is 11.7 Å². The molecule has 9 heteroatoms. The summed E-state index contributed by atoms with van der Waals surface area (Å²) in [7, 11) is 0. The summed E-state index contributed by atoms with van der Waals surface area (Å²) in [6, 6.07) is 6.49. The van der Waals surface area contributed by atoms with Gasteiger partial charge in [0.1, 0.15) is 5.82 Å². The third-order valence-corrected chi connectivity index (χ3v) is 3.83. The Morgan fingerprint density at radius 2 is 1.96 bits per heavy atom. The number of nitrogens with zero attached hydrogens (tertiary/aromatic N) is 1. The van der Waals surface area contributed by atoms with Crippen LogP contribution in [0.3, 0.4) is 0 Å². The number of fused-ring (bicyclic) bond motifs is 1. The lowest BCUT2D eigenvalue weighted by atomic mass is 9.86. The van der Waals surface area contributed by atoms with Gasteiger partial charge in [-0.3, -0.25) is 4.98 Å². The smallest absolute Gasteiger partial charge is 0.475 e. The Bertz CT molecular complexity index is 752. The molecule has 5 nitrogen and oxygen atoms in total. The summed E-state index contributed by atoms with van der Waals surface area (Å²) in [5.74, 6) is -2.97. The van der Waals surface area contributed by atoms with Crippen LogP contribution in [-0.4, -0.2) is 46.5 Å². The largest absolute Gasteiger partial charge is 0.490 e.